The molecule has 29 heavy (non-hydrogen) atoms. The smallest absolute Gasteiger partial charge is 0.129 e. The highest BCUT2D eigenvalue weighted by Crippen LogP contribution is 2.16. The van der Waals surface area contributed by atoms with Crippen molar-refractivity contribution in [3.63, 3.8) is 0 Å². The molecule has 1 atom stereocenters. The molecule has 0 aliphatic carbocycles. The summed E-state index contributed by atoms with van der Waals surface area (Å²) in [5.74, 6) is 0.483. The fourth-order valence-corrected chi connectivity index (χ4v) is 3.34. The second-order valence-electron chi connectivity index (χ2n) is 7.47. The van der Waals surface area contributed by atoms with E-state index in [4.69, 9.17) is 9.15 Å². The van der Waals surface area contributed by atoms with Crippen molar-refractivity contribution in [2.45, 2.75) is 39.6 Å². The van der Waals surface area contributed by atoms with Gasteiger partial charge < -0.3 is 14.3 Å². The van der Waals surface area contributed by atoms with E-state index < -0.39 is 6.10 Å². The van der Waals surface area contributed by atoms with Gasteiger partial charge >= 0.3 is 0 Å². The lowest BCUT2D eigenvalue weighted by molar-refractivity contribution is 0.00250. The van der Waals surface area contributed by atoms with Gasteiger partial charge in [0.25, 0.3) is 0 Å². The first-order chi connectivity index (χ1) is 14.0. The van der Waals surface area contributed by atoms with Gasteiger partial charge in [0.05, 0.1) is 19.0 Å². The van der Waals surface area contributed by atoms with E-state index in [9.17, 15) is 9.50 Å². The maximum atomic E-state index is 13.2. The summed E-state index contributed by atoms with van der Waals surface area (Å²) in [6.07, 6.45) is 0.958. The Kier molecular flexibility index (Phi) is 7.58. The summed E-state index contributed by atoms with van der Waals surface area (Å²) in [5.41, 5.74) is 4.65. The zero-order valence-electron chi connectivity index (χ0n) is 17.0. The quantitative estimate of drug-likeness (QED) is 0.542. The third-order valence-corrected chi connectivity index (χ3v) is 4.82. The van der Waals surface area contributed by atoms with Crippen molar-refractivity contribution in [1.82, 2.24) is 4.90 Å². The van der Waals surface area contributed by atoms with E-state index in [2.05, 4.69) is 36.9 Å². The van der Waals surface area contributed by atoms with E-state index in [1.165, 1.54) is 28.8 Å². The van der Waals surface area contributed by atoms with E-state index in [1.807, 2.05) is 12.1 Å². The van der Waals surface area contributed by atoms with Crippen LogP contribution >= 0.6 is 0 Å². The summed E-state index contributed by atoms with van der Waals surface area (Å²) in [4.78, 5) is 2.16. The van der Waals surface area contributed by atoms with Gasteiger partial charge in [-0.3, -0.25) is 4.90 Å². The third-order valence-electron chi connectivity index (χ3n) is 4.82. The first-order valence-corrected chi connectivity index (χ1v) is 9.80. The number of benzene rings is 2. The molecule has 154 valence electrons. The number of halogens is 1. The highest BCUT2D eigenvalue weighted by atomic mass is 19.1. The van der Waals surface area contributed by atoms with Crippen LogP contribution < -0.4 is 0 Å². The molecule has 0 spiro atoms. The van der Waals surface area contributed by atoms with Gasteiger partial charge in [0.2, 0.25) is 0 Å². The van der Waals surface area contributed by atoms with Crippen LogP contribution in [0, 0.1) is 19.7 Å². The van der Waals surface area contributed by atoms with Crippen molar-refractivity contribution >= 4 is 0 Å². The van der Waals surface area contributed by atoms with Crippen LogP contribution in [0.4, 0.5) is 4.39 Å². The third kappa shape index (κ3) is 6.82. The van der Waals surface area contributed by atoms with E-state index in [-0.39, 0.29) is 12.4 Å². The topological polar surface area (TPSA) is 45.8 Å². The molecular weight excluding hydrogens is 369 g/mol. The van der Waals surface area contributed by atoms with Crippen molar-refractivity contribution < 1.29 is 18.7 Å². The van der Waals surface area contributed by atoms with E-state index in [1.54, 1.807) is 18.4 Å². The largest absolute Gasteiger partial charge is 0.467 e. The molecule has 0 unspecified atom stereocenters. The van der Waals surface area contributed by atoms with Crippen molar-refractivity contribution in [2.75, 3.05) is 13.2 Å². The van der Waals surface area contributed by atoms with E-state index >= 15 is 0 Å². The number of aliphatic hydroxyl groups excluding tert-OH is 1. The van der Waals surface area contributed by atoms with E-state index in [0.29, 0.717) is 26.2 Å². The van der Waals surface area contributed by atoms with Gasteiger partial charge in [-0.1, -0.05) is 35.9 Å². The van der Waals surface area contributed by atoms with Gasteiger partial charge in [-0.2, -0.15) is 0 Å². The highest BCUT2D eigenvalue weighted by molar-refractivity contribution is 5.30. The molecule has 1 heterocycles. The number of nitrogens with zero attached hydrogens (tertiary/aromatic N) is 1. The maximum absolute atomic E-state index is 13.2. The van der Waals surface area contributed by atoms with Crippen molar-refractivity contribution in [3.05, 3.63) is 94.7 Å². The monoisotopic (exact) mass is 397 g/mol. The molecule has 0 aliphatic rings. The molecule has 0 amide bonds. The number of aryl methyl sites for hydroxylation is 2. The summed E-state index contributed by atoms with van der Waals surface area (Å²) >= 11 is 0. The number of rotatable bonds is 10. The zero-order chi connectivity index (χ0) is 20.6. The van der Waals surface area contributed by atoms with Crippen LogP contribution in [0.2, 0.25) is 0 Å². The predicted molar refractivity (Wildman–Crippen MR) is 111 cm³/mol. The van der Waals surface area contributed by atoms with Crippen LogP contribution in [0.15, 0.2) is 65.3 Å². The number of ether oxygens (including phenoxy) is 1. The zero-order valence-corrected chi connectivity index (χ0v) is 17.0. The van der Waals surface area contributed by atoms with Gasteiger partial charge in [-0.25, -0.2) is 4.39 Å². The minimum atomic E-state index is -0.642. The van der Waals surface area contributed by atoms with Crippen LogP contribution in [0.1, 0.15) is 28.0 Å². The molecule has 0 bridgehead atoms. The van der Waals surface area contributed by atoms with Crippen LogP contribution in [0.3, 0.4) is 0 Å². The lowest BCUT2D eigenvalue weighted by Crippen LogP contribution is -2.34. The van der Waals surface area contributed by atoms with Crippen LogP contribution in [0.25, 0.3) is 0 Å². The number of aliphatic hydroxyl groups is 1. The lowest BCUT2D eigenvalue weighted by atomic mass is 10.0. The van der Waals surface area contributed by atoms with Crippen LogP contribution in [-0.4, -0.2) is 29.3 Å². The summed E-state index contributed by atoms with van der Waals surface area (Å²) in [6.45, 7) is 6.48. The number of furan rings is 1. The van der Waals surface area contributed by atoms with Crippen LogP contribution in [-0.2, 0) is 24.4 Å². The Balaban J connectivity index is 1.63. The van der Waals surface area contributed by atoms with E-state index in [0.717, 1.165) is 11.3 Å². The van der Waals surface area contributed by atoms with Gasteiger partial charge in [0.1, 0.15) is 18.2 Å². The predicted octanol–water partition coefficient (Wildman–Crippen LogP) is 4.62. The lowest BCUT2D eigenvalue weighted by Gasteiger charge is -2.26. The summed E-state index contributed by atoms with van der Waals surface area (Å²) in [5, 5.41) is 10.5. The Bertz CT molecular complexity index is 878. The molecular formula is C24H28FNO3. The van der Waals surface area contributed by atoms with Gasteiger partial charge in [-0.05, 0) is 54.8 Å². The minimum absolute atomic E-state index is 0.216. The first kappa shape index (κ1) is 21.2. The number of hydrogen-bond acceptors (Lipinski definition) is 4. The SMILES string of the molecule is Cc1ccc(CN(Cc2ccc(F)cc2)C[C@@H](O)COCc2ccco2)c(C)c1. The fraction of sp³-hybridized carbons (Fsp3) is 0.333. The molecule has 0 saturated heterocycles. The van der Waals surface area contributed by atoms with Crippen LogP contribution in [0.5, 0.6) is 0 Å². The van der Waals surface area contributed by atoms with Crippen molar-refractivity contribution in [2.24, 2.45) is 0 Å². The summed E-state index contributed by atoms with van der Waals surface area (Å²) in [7, 11) is 0. The van der Waals surface area contributed by atoms with Gasteiger partial charge in [0, 0.05) is 19.6 Å². The molecule has 1 aromatic heterocycles. The van der Waals surface area contributed by atoms with Gasteiger partial charge in [0.15, 0.2) is 0 Å². The molecule has 4 nitrogen and oxygen atoms in total. The molecule has 1 N–H and O–H groups in total. The standard InChI is InChI=1S/C24H28FNO3/c1-18-5-8-21(19(2)12-18)14-26(13-20-6-9-22(25)10-7-20)15-23(27)16-28-17-24-4-3-11-29-24/h3-12,23,27H,13-17H2,1-2H3/t23-/m1/s1. The molecule has 3 rings (SSSR count). The molecule has 2 aromatic carbocycles. The summed E-state index contributed by atoms with van der Waals surface area (Å²) < 4.78 is 24.1. The second kappa shape index (κ2) is 10.3. The normalized spacial score (nSPS) is 12.4. The minimum Gasteiger partial charge on any atom is -0.467 e. The highest BCUT2D eigenvalue weighted by Gasteiger charge is 2.15. The molecule has 0 radical (unpaired) electrons. The second-order valence-corrected chi connectivity index (χ2v) is 7.47. The summed E-state index contributed by atoms with van der Waals surface area (Å²) in [6, 6.07) is 16.5. The molecule has 5 heteroatoms. The Hall–Kier alpha value is -2.47. The van der Waals surface area contributed by atoms with Crippen molar-refractivity contribution in [1.29, 1.82) is 0 Å². The fourth-order valence-electron chi connectivity index (χ4n) is 3.34. The maximum Gasteiger partial charge on any atom is 0.129 e. The number of hydrogen-bond donors (Lipinski definition) is 1. The Morgan fingerprint density at radius 2 is 1.86 bits per heavy atom. The average molecular weight is 397 g/mol. The molecule has 0 aliphatic heterocycles. The average Bonchev–Trinajstić information content (AvgIpc) is 3.19. The molecule has 0 fully saturated rings. The van der Waals surface area contributed by atoms with Crippen molar-refractivity contribution in [3.8, 4) is 0 Å². The Morgan fingerprint density at radius 1 is 1.07 bits per heavy atom. The molecule has 3 aromatic rings. The Labute approximate surface area is 171 Å². The Morgan fingerprint density at radius 3 is 2.55 bits per heavy atom. The molecule has 0 saturated carbocycles. The van der Waals surface area contributed by atoms with Gasteiger partial charge in [-0.15, -0.1) is 0 Å². The first-order valence-electron chi connectivity index (χ1n) is 9.80.